The van der Waals surface area contributed by atoms with Crippen LogP contribution in [-0.2, 0) is 6.42 Å². The molecule has 0 spiro atoms. The van der Waals surface area contributed by atoms with Crippen LogP contribution in [0, 0.1) is 0 Å². The molecule has 16 heavy (non-hydrogen) atoms. The predicted molar refractivity (Wildman–Crippen MR) is 72.2 cm³/mol. The number of nitrogens with one attached hydrogen (secondary N) is 1. The first-order valence-electron chi connectivity index (χ1n) is 6.33. The van der Waals surface area contributed by atoms with Crippen molar-refractivity contribution in [1.29, 1.82) is 0 Å². The fourth-order valence-electron chi connectivity index (χ4n) is 2.08. The van der Waals surface area contributed by atoms with Gasteiger partial charge >= 0.3 is 0 Å². The van der Waals surface area contributed by atoms with Crippen molar-refractivity contribution in [2.75, 3.05) is 12.3 Å². The third-order valence-electron chi connectivity index (χ3n) is 3.20. The van der Waals surface area contributed by atoms with E-state index in [1.807, 2.05) is 11.8 Å². The normalized spacial score (nSPS) is 20.9. The van der Waals surface area contributed by atoms with E-state index in [9.17, 15) is 0 Å². The summed E-state index contributed by atoms with van der Waals surface area (Å²) in [7, 11) is 0. The average Bonchev–Trinajstić information content (AvgIpc) is 2.38. The first-order chi connectivity index (χ1) is 7.88. The Hall–Kier alpha value is -0.470. The first-order valence-corrected chi connectivity index (χ1v) is 7.32. The molecule has 1 nitrogen and oxygen atoms in total. The first kappa shape index (κ1) is 12.0. The molecular weight excluding hydrogens is 214 g/mol. The smallest absolute Gasteiger partial charge is 0.0161 e. The Balaban J connectivity index is 1.79. The zero-order chi connectivity index (χ0) is 11.2. The zero-order valence-corrected chi connectivity index (χ0v) is 10.9. The lowest BCUT2D eigenvalue weighted by atomic mass is 10.1. The fraction of sp³-hybridized carbons (Fsp3) is 0.571. The number of rotatable bonds is 4. The minimum atomic E-state index is 0.726. The highest BCUT2D eigenvalue weighted by molar-refractivity contribution is 7.99. The second kappa shape index (κ2) is 6.31. The van der Waals surface area contributed by atoms with Crippen LogP contribution in [0.25, 0.3) is 0 Å². The third-order valence-corrected chi connectivity index (χ3v) is 4.37. The van der Waals surface area contributed by atoms with E-state index in [2.05, 4.69) is 36.5 Å². The van der Waals surface area contributed by atoms with Crippen LogP contribution in [0.2, 0.25) is 0 Å². The van der Waals surface area contributed by atoms with Crippen LogP contribution >= 0.6 is 11.8 Å². The van der Waals surface area contributed by atoms with Crippen molar-refractivity contribution in [3.63, 3.8) is 0 Å². The SMILES string of the molecule is CCc1ccc(SCC2CCCCN2)cc1. The lowest BCUT2D eigenvalue weighted by molar-refractivity contribution is 0.430. The molecule has 1 saturated heterocycles. The molecule has 0 bridgehead atoms. The van der Waals surface area contributed by atoms with Crippen molar-refractivity contribution in [1.82, 2.24) is 5.32 Å². The summed E-state index contributed by atoms with van der Waals surface area (Å²) in [5.41, 5.74) is 1.43. The van der Waals surface area contributed by atoms with Gasteiger partial charge in [0.2, 0.25) is 0 Å². The Morgan fingerprint density at radius 1 is 1.25 bits per heavy atom. The molecule has 0 saturated carbocycles. The van der Waals surface area contributed by atoms with Gasteiger partial charge in [-0.05, 0) is 43.5 Å². The van der Waals surface area contributed by atoms with Gasteiger partial charge in [-0.3, -0.25) is 0 Å². The number of piperidine rings is 1. The molecule has 1 aromatic carbocycles. The lowest BCUT2D eigenvalue weighted by Gasteiger charge is -2.22. The fourth-order valence-corrected chi connectivity index (χ4v) is 3.09. The van der Waals surface area contributed by atoms with Gasteiger partial charge in [-0.2, -0.15) is 0 Å². The molecule has 1 heterocycles. The summed E-state index contributed by atoms with van der Waals surface area (Å²) in [5, 5.41) is 3.59. The van der Waals surface area contributed by atoms with Crippen LogP contribution in [0.4, 0.5) is 0 Å². The largest absolute Gasteiger partial charge is 0.313 e. The molecule has 0 amide bonds. The van der Waals surface area contributed by atoms with Crippen molar-refractivity contribution >= 4 is 11.8 Å². The molecule has 0 aromatic heterocycles. The molecule has 0 aliphatic carbocycles. The van der Waals surface area contributed by atoms with E-state index in [0.717, 1.165) is 12.5 Å². The van der Waals surface area contributed by atoms with Gasteiger partial charge in [0.05, 0.1) is 0 Å². The standard InChI is InChI=1S/C14H21NS/c1-2-12-6-8-14(9-7-12)16-11-13-5-3-4-10-15-13/h6-9,13,15H,2-5,10-11H2,1H3. The van der Waals surface area contributed by atoms with Crippen molar-refractivity contribution in [2.24, 2.45) is 0 Å². The van der Waals surface area contributed by atoms with E-state index in [1.165, 1.54) is 42.0 Å². The molecule has 1 aromatic rings. The molecule has 1 fully saturated rings. The van der Waals surface area contributed by atoms with Crippen LogP contribution in [0.1, 0.15) is 31.7 Å². The van der Waals surface area contributed by atoms with Crippen LogP contribution in [-0.4, -0.2) is 18.3 Å². The van der Waals surface area contributed by atoms with Crippen LogP contribution in [0.5, 0.6) is 0 Å². The minimum Gasteiger partial charge on any atom is -0.313 e. The zero-order valence-electron chi connectivity index (χ0n) is 10.0. The van der Waals surface area contributed by atoms with Gasteiger partial charge < -0.3 is 5.32 Å². The summed E-state index contributed by atoms with van der Waals surface area (Å²) < 4.78 is 0. The molecule has 1 aliphatic heterocycles. The Bertz CT molecular complexity index is 301. The lowest BCUT2D eigenvalue weighted by Crippen LogP contribution is -2.35. The van der Waals surface area contributed by atoms with Crippen molar-refractivity contribution in [3.05, 3.63) is 29.8 Å². The van der Waals surface area contributed by atoms with E-state index in [1.54, 1.807) is 0 Å². The van der Waals surface area contributed by atoms with Crippen LogP contribution in [0.3, 0.4) is 0 Å². The highest BCUT2D eigenvalue weighted by Crippen LogP contribution is 2.21. The maximum atomic E-state index is 3.59. The monoisotopic (exact) mass is 235 g/mol. The highest BCUT2D eigenvalue weighted by atomic mass is 32.2. The summed E-state index contributed by atoms with van der Waals surface area (Å²) in [4.78, 5) is 1.41. The van der Waals surface area contributed by atoms with E-state index >= 15 is 0 Å². The van der Waals surface area contributed by atoms with Crippen LogP contribution in [0.15, 0.2) is 29.2 Å². The summed E-state index contributed by atoms with van der Waals surface area (Å²) in [5.74, 6) is 1.21. The second-order valence-electron chi connectivity index (χ2n) is 4.46. The average molecular weight is 235 g/mol. The molecule has 88 valence electrons. The maximum Gasteiger partial charge on any atom is 0.0161 e. The van der Waals surface area contributed by atoms with Crippen molar-refractivity contribution in [3.8, 4) is 0 Å². The third kappa shape index (κ3) is 3.53. The van der Waals surface area contributed by atoms with Gasteiger partial charge in [0, 0.05) is 16.7 Å². The summed E-state index contributed by atoms with van der Waals surface area (Å²) >= 11 is 1.98. The number of aryl methyl sites for hydroxylation is 1. The summed E-state index contributed by atoms with van der Waals surface area (Å²) in [6, 6.07) is 9.73. The molecule has 2 rings (SSSR count). The highest BCUT2D eigenvalue weighted by Gasteiger charge is 2.12. The Morgan fingerprint density at radius 2 is 2.06 bits per heavy atom. The van der Waals surface area contributed by atoms with Gasteiger partial charge in [-0.25, -0.2) is 0 Å². The van der Waals surface area contributed by atoms with Gasteiger partial charge in [0.1, 0.15) is 0 Å². The van der Waals surface area contributed by atoms with Gasteiger partial charge in [-0.1, -0.05) is 25.5 Å². The molecule has 1 atom stereocenters. The predicted octanol–water partition coefficient (Wildman–Crippen LogP) is 3.48. The topological polar surface area (TPSA) is 12.0 Å². The van der Waals surface area contributed by atoms with E-state index in [4.69, 9.17) is 0 Å². The van der Waals surface area contributed by atoms with Crippen molar-refractivity contribution < 1.29 is 0 Å². The van der Waals surface area contributed by atoms with Gasteiger partial charge in [0.15, 0.2) is 0 Å². The van der Waals surface area contributed by atoms with E-state index < -0.39 is 0 Å². The second-order valence-corrected chi connectivity index (χ2v) is 5.55. The number of hydrogen-bond donors (Lipinski definition) is 1. The van der Waals surface area contributed by atoms with Crippen LogP contribution < -0.4 is 5.32 Å². The molecule has 1 N–H and O–H groups in total. The molecule has 1 aliphatic rings. The van der Waals surface area contributed by atoms with Crippen molar-refractivity contribution in [2.45, 2.75) is 43.5 Å². The minimum absolute atomic E-state index is 0.726. The maximum absolute atomic E-state index is 3.59. The molecular formula is C14H21NS. The van der Waals surface area contributed by atoms with E-state index in [-0.39, 0.29) is 0 Å². The van der Waals surface area contributed by atoms with E-state index in [0.29, 0.717) is 0 Å². The van der Waals surface area contributed by atoms with Gasteiger partial charge in [0.25, 0.3) is 0 Å². The number of hydrogen-bond acceptors (Lipinski definition) is 2. The number of benzene rings is 1. The summed E-state index contributed by atoms with van der Waals surface area (Å²) in [6.45, 7) is 3.41. The Morgan fingerprint density at radius 3 is 2.69 bits per heavy atom. The quantitative estimate of drug-likeness (QED) is 0.802. The van der Waals surface area contributed by atoms with Gasteiger partial charge in [-0.15, -0.1) is 11.8 Å². The molecule has 1 unspecified atom stereocenters. The molecule has 0 radical (unpaired) electrons. The Kier molecular flexibility index (Phi) is 4.73. The Labute approximate surface area is 103 Å². The summed E-state index contributed by atoms with van der Waals surface area (Å²) in [6.07, 6.45) is 5.23. The molecule has 2 heteroatoms. The number of thioether (sulfide) groups is 1.